The van der Waals surface area contributed by atoms with Crippen LogP contribution in [0.2, 0.25) is 0 Å². The van der Waals surface area contributed by atoms with E-state index in [-0.39, 0.29) is 0 Å². The molecule has 1 aliphatic heterocycles. The van der Waals surface area contributed by atoms with Crippen molar-refractivity contribution in [1.29, 1.82) is 0 Å². The van der Waals surface area contributed by atoms with Gasteiger partial charge in [-0.3, -0.25) is 10.00 Å². The number of thioether (sulfide) groups is 1. The summed E-state index contributed by atoms with van der Waals surface area (Å²) in [6.45, 7) is 1.83. The van der Waals surface area contributed by atoms with E-state index in [1.807, 2.05) is 30.2 Å². The van der Waals surface area contributed by atoms with Crippen LogP contribution in [0.5, 0.6) is 0 Å². The van der Waals surface area contributed by atoms with Gasteiger partial charge in [-0.2, -0.15) is 16.9 Å². The number of nitrogens with zero attached hydrogens (tertiary/aromatic N) is 3. The number of aromatic amines is 2. The first-order valence-corrected chi connectivity index (χ1v) is 9.58. The van der Waals surface area contributed by atoms with Crippen molar-refractivity contribution in [3.05, 3.63) is 47.9 Å². The smallest absolute Gasteiger partial charge is 0.152 e. The second-order valence-corrected chi connectivity index (χ2v) is 7.01. The molecule has 0 amide bonds. The van der Waals surface area contributed by atoms with Gasteiger partial charge in [-0.25, -0.2) is 4.98 Å². The zero-order valence-corrected chi connectivity index (χ0v) is 14.5. The van der Waals surface area contributed by atoms with Gasteiger partial charge in [0.2, 0.25) is 0 Å². The minimum absolute atomic E-state index is 0.355. The summed E-state index contributed by atoms with van der Waals surface area (Å²) in [7, 11) is 0. The molecule has 1 aliphatic rings. The normalized spacial score (nSPS) is 18.0. The minimum atomic E-state index is 0.355. The molecule has 24 heavy (non-hydrogen) atoms. The van der Waals surface area contributed by atoms with Gasteiger partial charge in [-0.1, -0.05) is 0 Å². The number of hydrogen-bond donors (Lipinski definition) is 2. The van der Waals surface area contributed by atoms with E-state index < -0.39 is 0 Å². The van der Waals surface area contributed by atoms with Gasteiger partial charge in [0.15, 0.2) is 5.76 Å². The van der Waals surface area contributed by atoms with Crippen LogP contribution in [0, 0.1) is 0 Å². The molecule has 0 saturated carbocycles. The van der Waals surface area contributed by atoms with Crippen LogP contribution in [0.25, 0.3) is 11.5 Å². The quantitative estimate of drug-likeness (QED) is 0.719. The molecule has 4 rings (SSSR count). The Morgan fingerprint density at radius 2 is 2.33 bits per heavy atom. The largest absolute Gasteiger partial charge is 0.458 e. The first kappa shape index (κ1) is 15.5. The lowest BCUT2D eigenvalue weighted by Gasteiger charge is -2.34. The second-order valence-electron chi connectivity index (χ2n) is 6.02. The van der Waals surface area contributed by atoms with Crippen LogP contribution in [0.15, 0.2) is 35.1 Å². The molecule has 0 spiro atoms. The van der Waals surface area contributed by atoms with Crippen molar-refractivity contribution >= 4 is 11.8 Å². The molecule has 0 radical (unpaired) electrons. The molecule has 1 unspecified atom stereocenters. The van der Waals surface area contributed by atoms with Crippen molar-refractivity contribution in [3.8, 4) is 11.5 Å². The number of hydrogen-bond acceptors (Lipinski definition) is 5. The van der Waals surface area contributed by atoms with E-state index in [1.54, 1.807) is 6.20 Å². The SMILES string of the molecule is CSCCC1c2nc[nH]c2CCN1Cc1ccc(-c2ccn[nH]2)o1. The van der Waals surface area contributed by atoms with Crippen LogP contribution in [-0.2, 0) is 13.0 Å². The Balaban J connectivity index is 1.52. The Morgan fingerprint density at radius 3 is 3.17 bits per heavy atom. The first-order valence-electron chi connectivity index (χ1n) is 8.18. The maximum absolute atomic E-state index is 6.01. The van der Waals surface area contributed by atoms with Crippen LogP contribution in [-0.4, -0.2) is 43.6 Å². The van der Waals surface area contributed by atoms with Gasteiger partial charge in [0.05, 0.1) is 24.6 Å². The second kappa shape index (κ2) is 6.86. The third kappa shape index (κ3) is 3.01. The molecule has 7 heteroatoms. The van der Waals surface area contributed by atoms with Crippen molar-refractivity contribution < 1.29 is 4.42 Å². The molecule has 0 saturated heterocycles. The predicted octanol–water partition coefficient (Wildman–Crippen LogP) is 3.25. The summed E-state index contributed by atoms with van der Waals surface area (Å²) in [4.78, 5) is 10.4. The molecule has 0 aromatic carbocycles. The lowest BCUT2D eigenvalue weighted by atomic mass is 10.0. The highest BCUT2D eigenvalue weighted by molar-refractivity contribution is 7.98. The number of nitrogens with one attached hydrogen (secondary N) is 2. The summed E-state index contributed by atoms with van der Waals surface area (Å²) < 4.78 is 6.01. The van der Waals surface area contributed by atoms with Crippen molar-refractivity contribution in [1.82, 2.24) is 25.1 Å². The average Bonchev–Trinajstić information content (AvgIpc) is 3.33. The van der Waals surface area contributed by atoms with E-state index >= 15 is 0 Å². The van der Waals surface area contributed by atoms with Crippen molar-refractivity contribution in [3.63, 3.8) is 0 Å². The third-order valence-electron chi connectivity index (χ3n) is 4.54. The van der Waals surface area contributed by atoms with Crippen LogP contribution in [0.4, 0.5) is 0 Å². The van der Waals surface area contributed by atoms with Crippen molar-refractivity contribution in [2.75, 3.05) is 18.6 Å². The highest BCUT2D eigenvalue weighted by atomic mass is 32.2. The summed E-state index contributed by atoms with van der Waals surface area (Å²) in [6.07, 6.45) is 7.83. The van der Waals surface area contributed by atoms with Gasteiger partial charge < -0.3 is 9.40 Å². The zero-order chi connectivity index (χ0) is 16.4. The molecule has 2 N–H and O–H groups in total. The van der Waals surface area contributed by atoms with E-state index in [9.17, 15) is 0 Å². The fourth-order valence-corrected chi connectivity index (χ4v) is 3.80. The number of H-pyrrole nitrogens is 2. The van der Waals surface area contributed by atoms with Gasteiger partial charge in [-0.15, -0.1) is 0 Å². The topological polar surface area (TPSA) is 73.7 Å². The number of fused-ring (bicyclic) bond motifs is 1. The number of furan rings is 1. The first-order chi connectivity index (χ1) is 11.8. The Labute approximate surface area is 145 Å². The molecular formula is C17H21N5OS. The molecule has 3 aromatic rings. The van der Waals surface area contributed by atoms with E-state index in [2.05, 4.69) is 37.4 Å². The Morgan fingerprint density at radius 1 is 1.38 bits per heavy atom. The Hall–Kier alpha value is -1.99. The number of rotatable bonds is 6. The van der Waals surface area contributed by atoms with Crippen LogP contribution in [0.3, 0.4) is 0 Å². The van der Waals surface area contributed by atoms with Gasteiger partial charge in [0, 0.05) is 24.9 Å². The highest BCUT2D eigenvalue weighted by Crippen LogP contribution is 2.32. The summed E-state index contributed by atoms with van der Waals surface area (Å²) >= 11 is 1.88. The summed E-state index contributed by atoms with van der Waals surface area (Å²) in [5.74, 6) is 2.94. The van der Waals surface area contributed by atoms with E-state index in [1.165, 1.54) is 11.4 Å². The van der Waals surface area contributed by atoms with E-state index in [4.69, 9.17) is 4.42 Å². The molecule has 1 atom stereocenters. The molecule has 3 aromatic heterocycles. The predicted molar refractivity (Wildman–Crippen MR) is 94.7 cm³/mol. The molecule has 0 aliphatic carbocycles. The summed E-state index contributed by atoms with van der Waals surface area (Å²) in [5.41, 5.74) is 3.40. The lowest BCUT2D eigenvalue weighted by Crippen LogP contribution is -2.35. The molecule has 4 heterocycles. The fraction of sp³-hybridized carbons (Fsp3) is 0.412. The van der Waals surface area contributed by atoms with Crippen LogP contribution >= 0.6 is 11.8 Å². The van der Waals surface area contributed by atoms with E-state index in [0.29, 0.717) is 6.04 Å². The fourth-order valence-electron chi connectivity index (χ4n) is 3.34. The van der Waals surface area contributed by atoms with Gasteiger partial charge in [-0.05, 0) is 36.6 Å². The van der Waals surface area contributed by atoms with Gasteiger partial charge in [0.25, 0.3) is 0 Å². The lowest BCUT2D eigenvalue weighted by molar-refractivity contribution is 0.156. The van der Waals surface area contributed by atoms with Crippen molar-refractivity contribution in [2.24, 2.45) is 0 Å². The molecule has 0 fully saturated rings. The molecule has 0 bridgehead atoms. The molecular weight excluding hydrogens is 322 g/mol. The zero-order valence-electron chi connectivity index (χ0n) is 13.7. The highest BCUT2D eigenvalue weighted by Gasteiger charge is 2.29. The average molecular weight is 343 g/mol. The van der Waals surface area contributed by atoms with Gasteiger partial charge >= 0.3 is 0 Å². The number of imidazole rings is 1. The van der Waals surface area contributed by atoms with Crippen LogP contribution < -0.4 is 0 Å². The van der Waals surface area contributed by atoms with Crippen molar-refractivity contribution in [2.45, 2.75) is 25.4 Å². The Kier molecular flexibility index (Phi) is 4.44. The monoisotopic (exact) mass is 343 g/mol. The maximum atomic E-state index is 6.01. The maximum Gasteiger partial charge on any atom is 0.152 e. The van der Waals surface area contributed by atoms with Crippen LogP contribution in [0.1, 0.15) is 29.6 Å². The third-order valence-corrected chi connectivity index (χ3v) is 5.18. The van der Waals surface area contributed by atoms with E-state index in [0.717, 1.165) is 48.9 Å². The molecule has 126 valence electrons. The summed E-state index contributed by atoms with van der Waals surface area (Å²) in [5, 5.41) is 6.92. The standard InChI is InChI=1S/C17H21N5OS/c1-24-9-6-15-17-14(18-11-19-17)5-8-22(15)10-12-2-3-16(23-12)13-4-7-20-21-13/h2-4,7,11,15H,5-6,8-10H2,1H3,(H,18,19)(H,20,21). The minimum Gasteiger partial charge on any atom is -0.458 e. The molecule has 6 nitrogen and oxygen atoms in total. The van der Waals surface area contributed by atoms with Gasteiger partial charge in [0.1, 0.15) is 11.5 Å². The summed E-state index contributed by atoms with van der Waals surface area (Å²) in [6, 6.07) is 6.33. The number of aromatic nitrogens is 4. The Bertz CT molecular complexity index is 779.